The molecule has 1 aliphatic carbocycles. The minimum Gasteiger partial charge on any atom is -0.398 e. The van der Waals surface area contributed by atoms with Crippen molar-refractivity contribution in [3.05, 3.63) is 48.2 Å². The highest BCUT2D eigenvalue weighted by Crippen LogP contribution is 2.40. The fourth-order valence-electron chi connectivity index (χ4n) is 5.30. The minimum atomic E-state index is 0.130. The number of anilines is 4. The van der Waals surface area contributed by atoms with Crippen molar-refractivity contribution in [2.75, 3.05) is 42.2 Å². The number of hydrogen-bond donors (Lipinski definition) is 2. The number of nitrogens with one attached hydrogen (secondary N) is 1. The van der Waals surface area contributed by atoms with E-state index in [1.165, 1.54) is 36.9 Å². The summed E-state index contributed by atoms with van der Waals surface area (Å²) in [5.74, 6) is 1.22. The monoisotopic (exact) mass is 430 g/mol. The van der Waals surface area contributed by atoms with Gasteiger partial charge in [-0.3, -0.25) is 0 Å². The molecule has 0 unspecified atom stereocenters. The van der Waals surface area contributed by atoms with E-state index >= 15 is 0 Å². The lowest BCUT2D eigenvalue weighted by Crippen LogP contribution is -2.57. The zero-order chi connectivity index (χ0) is 22.3. The van der Waals surface area contributed by atoms with Gasteiger partial charge in [0.25, 0.3) is 0 Å². The smallest absolute Gasteiger partial charge is 0.230 e. The zero-order valence-electron chi connectivity index (χ0n) is 19.4. The molecular weight excluding hydrogens is 396 g/mol. The largest absolute Gasteiger partial charge is 0.398 e. The Morgan fingerprint density at radius 1 is 1.09 bits per heavy atom. The highest BCUT2D eigenvalue weighted by atomic mass is 15.2. The van der Waals surface area contributed by atoms with E-state index in [2.05, 4.69) is 58.2 Å². The second kappa shape index (κ2) is 8.24. The Morgan fingerprint density at radius 2 is 1.84 bits per heavy atom. The standard InChI is InChI=1S/C26H34N6/c1-26(2)17-32(15-14-29-26)21-11-9-20(10-12-21)31(3)25-28-16-19-8-13-22(27)23(24(19)30-25)18-6-4-5-7-18/h8-13,16,18,29H,4-7,14-15,17,27H2,1-3H3. The van der Waals surface area contributed by atoms with Crippen LogP contribution in [-0.4, -0.2) is 42.2 Å². The summed E-state index contributed by atoms with van der Waals surface area (Å²) in [6.45, 7) is 7.54. The Kier molecular flexibility index (Phi) is 5.41. The van der Waals surface area contributed by atoms with Gasteiger partial charge in [-0.15, -0.1) is 0 Å². The van der Waals surface area contributed by atoms with Gasteiger partial charge in [-0.25, -0.2) is 9.97 Å². The molecule has 1 saturated carbocycles. The average molecular weight is 431 g/mol. The predicted octanol–water partition coefficient (Wildman–Crippen LogP) is 4.83. The molecular formula is C26H34N6. The van der Waals surface area contributed by atoms with Crippen LogP contribution in [0.4, 0.5) is 23.0 Å². The minimum absolute atomic E-state index is 0.130. The van der Waals surface area contributed by atoms with E-state index < -0.39 is 0 Å². The summed E-state index contributed by atoms with van der Waals surface area (Å²) >= 11 is 0. The summed E-state index contributed by atoms with van der Waals surface area (Å²) in [6.07, 6.45) is 6.87. The lowest BCUT2D eigenvalue weighted by molar-refractivity contribution is 0.353. The fourth-order valence-corrected chi connectivity index (χ4v) is 5.30. The molecule has 2 aromatic carbocycles. The molecule has 2 aliphatic rings. The van der Waals surface area contributed by atoms with Gasteiger partial charge in [0, 0.05) is 66.4 Å². The van der Waals surface area contributed by atoms with Gasteiger partial charge < -0.3 is 20.9 Å². The maximum atomic E-state index is 6.43. The van der Waals surface area contributed by atoms with Crippen molar-refractivity contribution < 1.29 is 0 Å². The van der Waals surface area contributed by atoms with Crippen LogP contribution in [0.5, 0.6) is 0 Å². The topological polar surface area (TPSA) is 70.3 Å². The second-order valence-electron chi connectivity index (χ2n) is 9.97. The molecule has 1 saturated heterocycles. The van der Waals surface area contributed by atoms with Crippen molar-refractivity contribution in [3.63, 3.8) is 0 Å². The van der Waals surface area contributed by atoms with E-state index in [1.807, 2.05) is 25.4 Å². The number of nitrogens with two attached hydrogens (primary N) is 1. The van der Waals surface area contributed by atoms with Gasteiger partial charge in [0.1, 0.15) is 0 Å². The van der Waals surface area contributed by atoms with Gasteiger partial charge >= 0.3 is 0 Å². The van der Waals surface area contributed by atoms with E-state index in [9.17, 15) is 0 Å². The third kappa shape index (κ3) is 3.99. The van der Waals surface area contributed by atoms with Crippen LogP contribution in [0.1, 0.15) is 51.0 Å². The molecule has 3 aromatic rings. The molecule has 1 aliphatic heterocycles. The zero-order valence-corrected chi connectivity index (χ0v) is 19.4. The van der Waals surface area contributed by atoms with E-state index in [4.69, 9.17) is 10.7 Å². The van der Waals surface area contributed by atoms with Crippen LogP contribution in [-0.2, 0) is 0 Å². The lowest BCUT2D eigenvalue weighted by Gasteiger charge is -2.40. The van der Waals surface area contributed by atoms with Crippen LogP contribution in [0.3, 0.4) is 0 Å². The predicted molar refractivity (Wildman–Crippen MR) is 134 cm³/mol. The van der Waals surface area contributed by atoms with Crippen LogP contribution >= 0.6 is 0 Å². The number of fused-ring (bicyclic) bond motifs is 1. The Bertz CT molecular complexity index is 1100. The van der Waals surface area contributed by atoms with Crippen LogP contribution < -0.4 is 20.9 Å². The molecule has 0 bridgehead atoms. The van der Waals surface area contributed by atoms with Crippen molar-refractivity contribution in [1.82, 2.24) is 15.3 Å². The number of nitrogen functional groups attached to an aromatic ring is 1. The molecule has 0 atom stereocenters. The molecule has 6 heteroatoms. The Morgan fingerprint density at radius 3 is 2.56 bits per heavy atom. The van der Waals surface area contributed by atoms with E-state index in [0.29, 0.717) is 11.9 Å². The average Bonchev–Trinajstić information content (AvgIpc) is 3.32. The van der Waals surface area contributed by atoms with Crippen LogP contribution in [0.25, 0.3) is 10.9 Å². The van der Waals surface area contributed by atoms with Gasteiger partial charge in [-0.05, 0) is 69.0 Å². The normalized spacial score (nSPS) is 18.9. The Balaban J connectivity index is 1.43. The molecule has 3 N–H and O–H groups in total. The SMILES string of the molecule is CN(c1ccc(N2CCNC(C)(C)C2)cc1)c1ncc2ccc(N)c(C3CCCC3)c2n1. The molecule has 0 radical (unpaired) electrons. The van der Waals surface area contributed by atoms with Crippen LogP contribution in [0.15, 0.2) is 42.6 Å². The van der Waals surface area contributed by atoms with Gasteiger partial charge in [-0.1, -0.05) is 12.8 Å². The van der Waals surface area contributed by atoms with Crippen molar-refractivity contribution in [2.45, 2.75) is 51.0 Å². The Hall–Kier alpha value is -2.86. The fraction of sp³-hybridized carbons (Fsp3) is 0.462. The van der Waals surface area contributed by atoms with Crippen molar-refractivity contribution in [2.24, 2.45) is 0 Å². The first-order chi connectivity index (χ1) is 15.4. The first-order valence-corrected chi connectivity index (χ1v) is 11.8. The summed E-state index contributed by atoms with van der Waals surface area (Å²) in [7, 11) is 2.03. The number of benzene rings is 2. The first-order valence-electron chi connectivity index (χ1n) is 11.8. The summed E-state index contributed by atoms with van der Waals surface area (Å²) in [5.41, 5.74) is 12.0. The van der Waals surface area contributed by atoms with Gasteiger partial charge in [0.2, 0.25) is 5.95 Å². The summed E-state index contributed by atoms with van der Waals surface area (Å²) in [4.78, 5) is 14.2. The van der Waals surface area contributed by atoms with Gasteiger partial charge in [0.15, 0.2) is 0 Å². The molecule has 5 rings (SSSR count). The van der Waals surface area contributed by atoms with Crippen molar-refractivity contribution in [1.29, 1.82) is 0 Å². The van der Waals surface area contributed by atoms with Gasteiger partial charge in [0.05, 0.1) is 5.52 Å². The summed E-state index contributed by atoms with van der Waals surface area (Å²) in [6, 6.07) is 12.8. The first kappa shape index (κ1) is 21.0. The molecule has 32 heavy (non-hydrogen) atoms. The quantitative estimate of drug-likeness (QED) is 0.578. The van der Waals surface area contributed by atoms with Crippen molar-refractivity contribution in [3.8, 4) is 0 Å². The Labute approximate surface area is 190 Å². The molecule has 6 nitrogen and oxygen atoms in total. The molecule has 2 heterocycles. The lowest BCUT2D eigenvalue weighted by atomic mass is 9.93. The van der Waals surface area contributed by atoms with E-state index in [1.54, 1.807) is 0 Å². The number of nitrogens with zero attached hydrogens (tertiary/aromatic N) is 4. The summed E-state index contributed by atoms with van der Waals surface area (Å²) < 4.78 is 0. The molecule has 1 aromatic heterocycles. The number of aromatic nitrogens is 2. The maximum absolute atomic E-state index is 6.43. The molecule has 168 valence electrons. The number of hydrogen-bond acceptors (Lipinski definition) is 6. The summed E-state index contributed by atoms with van der Waals surface area (Å²) in [5, 5.41) is 4.64. The van der Waals surface area contributed by atoms with E-state index in [0.717, 1.165) is 41.9 Å². The number of piperazine rings is 1. The van der Waals surface area contributed by atoms with Crippen molar-refractivity contribution >= 4 is 33.9 Å². The number of rotatable bonds is 4. The van der Waals surface area contributed by atoms with Crippen LogP contribution in [0.2, 0.25) is 0 Å². The third-order valence-corrected chi connectivity index (χ3v) is 7.05. The molecule has 0 amide bonds. The highest BCUT2D eigenvalue weighted by molar-refractivity contribution is 5.87. The van der Waals surface area contributed by atoms with E-state index in [-0.39, 0.29) is 5.54 Å². The van der Waals surface area contributed by atoms with Crippen LogP contribution in [0, 0.1) is 0 Å². The third-order valence-electron chi connectivity index (χ3n) is 7.05. The highest BCUT2D eigenvalue weighted by Gasteiger charge is 2.26. The van der Waals surface area contributed by atoms with Gasteiger partial charge in [-0.2, -0.15) is 0 Å². The molecule has 0 spiro atoms. The molecule has 2 fully saturated rings. The maximum Gasteiger partial charge on any atom is 0.230 e. The second-order valence-corrected chi connectivity index (χ2v) is 9.97.